The molecule has 6 heteroatoms. The van der Waals surface area contributed by atoms with Crippen molar-refractivity contribution in [3.05, 3.63) is 84.4 Å². The van der Waals surface area contributed by atoms with Crippen LogP contribution >= 0.6 is 0 Å². The van der Waals surface area contributed by atoms with Crippen LogP contribution in [0, 0.1) is 5.41 Å². The third-order valence-corrected chi connectivity index (χ3v) is 4.52. The average molecular weight is 433 g/mol. The zero-order valence-corrected chi connectivity index (χ0v) is 18.6. The predicted molar refractivity (Wildman–Crippen MR) is 126 cm³/mol. The number of rotatable bonds is 8. The molecule has 166 valence electrons. The molecule has 0 atom stereocenters. The van der Waals surface area contributed by atoms with Crippen LogP contribution in [0.4, 0.5) is 11.4 Å². The molecule has 0 radical (unpaired) electrons. The Morgan fingerprint density at radius 3 is 2.00 bits per heavy atom. The number of hydrogen-bond donors (Lipinski definition) is 2. The standard InChI is InChI=1S/C26H28N2O4/c1-26(2,3)25(30)28-21-11-8-10-20(18-21)27-24(29)19-9-7-14-23(17-19)32-16-15-31-22-12-5-4-6-13-22/h4-14,17-18H,15-16H2,1-3H3,(H,27,29)(H,28,30). The smallest absolute Gasteiger partial charge is 0.255 e. The minimum Gasteiger partial charge on any atom is -0.490 e. The minimum atomic E-state index is -0.508. The molecule has 3 rings (SSSR count). The maximum atomic E-state index is 12.7. The number of carbonyl (C=O) groups excluding carboxylic acids is 2. The highest BCUT2D eigenvalue weighted by Gasteiger charge is 2.21. The molecule has 0 bridgehead atoms. The Labute approximate surface area is 188 Å². The highest BCUT2D eigenvalue weighted by molar-refractivity contribution is 6.05. The summed E-state index contributed by atoms with van der Waals surface area (Å²) in [6.07, 6.45) is 0. The van der Waals surface area contributed by atoms with Crippen LogP contribution in [0.25, 0.3) is 0 Å². The van der Waals surface area contributed by atoms with Crippen LogP contribution in [0.1, 0.15) is 31.1 Å². The van der Waals surface area contributed by atoms with Crippen molar-refractivity contribution in [1.29, 1.82) is 0 Å². The minimum absolute atomic E-state index is 0.0953. The molecule has 0 heterocycles. The first-order valence-electron chi connectivity index (χ1n) is 10.4. The summed E-state index contributed by atoms with van der Waals surface area (Å²) in [5, 5.41) is 5.72. The summed E-state index contributed by atoms with van der Waals surface area (Å²) in [7, 11) is 0. The average Bonchev–Trinajstić information content (AvgIpc) is 2.77. The summed E-state index contributed by atoms with van der Waals surface area (Å²) >= 11 is 0. The number of anilines is 2. The lowest BCUT2D eigenvalue weighted by molar-refractivity contribution is -0.123. The maximum Gasteiger partial charge on any atom is 0.255 e. The summed E-state index contributed by atoms with van der Waals surface area (Å²) in [5.74, 6) is 1.00. The molecule has 0 aliphatic carbocycles. The zero-order chi connectivity index (χ0) is 23.0. The van der Waals surface area contributed by atoms with Crippen LogP contribution in [0.15, 0.2) is 78.9 Å². The van der Waals surface area contributed by atoms with Gasteiger partial charge in [-0.25, -0.2) is 0 Å². The largest absolute Gasteiger partial charge is 0.490 e. The molecule has 32 heavy (non-hydrogen) atoms. The number of amides is 2. The van der Waals surface area contributed by atoms with Gasteiger partial charge in [0.05, 0.1) is 0 Å². The van der Waals surface area contributed by atoms with E-state index in [0.29, 0.717) is 35.9 Å². The van der Waals surface area contributed by atoms with Crippen LogP contribution in [-0.4, -0.2) is 25.0 Å². The van der Waals surface area contributed by atoms with Crippen molar-refractivity contribution in [2.75, 3.05) is 23.8 Å². The van der Waals surface area contributed by atoms with E-state index in [0.717, 1.165) is 5.75 Å². The van der Waals surface area contributed by atoms with Crippen LogP contribution in [-0.2, 0) is 4.79 Å². The van der Waals surface area contributed by atoms with Gasteiger partial charge in [0.25, 0.3) is 5.91 Å². The van der Waals surface area contributed by atoms with Gasteiger partial charge in [0.15, 0.2) is 0 Å². The number of para-hydroxylation sites is 1. The van der Waals surface area contributed by atoms with Crippen LogP contribution in [0.3, 0.4) is 0 Å². The molecule has 3 aromatic rings. The van der Waals surface area contributed by atoms with E-state index in [1.54, 1.807) is 48.5 Å². The molecule has 0 aliphatic heterocycles. The molecule has 3 aromatic carbocycles. The van der Waals surface area contributed by atoms with Gasteiger partial charge in [-0.3, -0.25) is 9.59 Å². The van der Waals surface area contributed by atoms with E-state index in [9.17, 15) is 9.59 Å². The van der Waals surface area contributed by atoms with Gasteiger partial charge in [-0.15, -0.1) is 0 Å². The van der Waals surface area contributed by atoms with Crippen molar-refractivity contribution >= 4 is 23.2 Å². The van der Waals surface area contributed by atoms with Crippen molar-refractivity contribution in [2.45, 2.75) is 20.8 Å². The van der Waals surface area contributed by atoms with Gasteiger partial charge in [0.1, 0.15) is 24.7 Å². The molecule has 2 N–H and O–H groups in total. The molecule has 0 fully saturated rings. The van der Waals surface area contributed by atoms with Crippen molar-refractivity contribution in [3.8, 4) is 11.5 Å². The number of benzene rings is 3. The van der Waals surface area contributed by atoms with Gasteiger partial charge >= 0.3 is 0 Å². The van der Waals surface area contributed by atoms with Crippen molar-refractivity contribution in [3.63, 3.8) is 0 Å². The zero-order valence-electron chi connectivity index (χ0n) is 18.6. The Morgan fingerprint density at radius 1 is 0.719 bits per heavy atom. The monoisotopic (exact) mass is 432 g/mol. The fourth-order valence-electron chi connectivity index (χ4n) is 2.76. The van der Waals surface area contributed by atoms with E-state index >= 15 is 0 Å². The van der Waals surface area contributed by atoms with E-state index in [-0.39, 0.29) is 11.8 Å². The lowest BCUT2D eigenvalue weighted by Crippen LogP contribution is -2.27. The third-order valence-electron chi connectivity index (χ3n) is 4.52. The van der Waals surface area contributed by atoms with Crippen LogP contribution < -0.4 is 20.1 Å². The number of hydrogen-bond acceptors (Lipinski definition) is 4. The first-order valence-corrected chi connectivity index (χ1v) is 10.4. The van der Waals surface area contributed by atoms with Gasteiger partial charge in [0.2, 0.25) is 5.91 Å². The van der Waals surface area contributed by atoms with E-state index < -0.39 is 5.41 Å². The molecular formula is C26H28N2O4. The predicted octanol–water partition coefficient (Wildman–Crippen LogP) is 5.38. The molecule has 0 spiro atoms. The lowest BCUT2D eigenvalue weighted by Gasteiger charge is -2.18. The molecular weight excluding hydrogens is 404 g/mol. The molecule has 0 aromatic heterocycles. The van der Waals surface area contributed by atoms with Gasteiger partial charge in [0, 0.05) is 22.4 Å². The second-order valence-corrected chi connectivity index (χ2v) is 8.28. The summed E-state index contributed by atoms with van der Waals surface area (Å²) in [5.41, 5.74) is 1.17. The normalized spacial score (nSPS) is 10.8. The topological polar surface area (TPSA) is 76.7 Å². The number of nitrogens with one attached hydrogen (secondary N) is 2. The lowest BCUT2D eigenvalue weighted by atomic mass is 9.95. The number of carbonyl (C=O) groups is 2. The Balaban J connectivity index is 1.55. The highest BCUT2D eigenvalue weighted by Crippen LogP contribution is 2.21. The number of ether oxygens (including phenoxy) is 2. The van der Waals surface area contributed by atoms with Crippen molar-refractivity contribution < 1.29 is 19.1 Å². The molecule has 6 nitrogen and oxygen atoms in total. The second-order valence-electron chi connectivity index (χ2n) is 8.28. The Hall–Kier alpha value is -3.80. The summed E-state index contributed by atoms with van der Waals surface area (Å²) in [4.78, 5) is 24.9. The second kappa shape index (κ2) is 10.5. The van der Waals surface area contributed by atoms with Gasteiger partial charge < -0.3 is 20.1 Å². The summed E-state index contributed by atoms with van der Waals surface area (Å²) in [6, 6.07) is 23.5. The van der Waals surface area contributed by atoms with E-state index in [2.05, 4.69) is 10.6 Å². The summed E-state index contributed by atoms with van der Waals surface area (Å²) in [6.45, 7) is 6.29. The summed E-state index contributed by atoms with van der Waals surface area (Å²) < 4.78 is 11.3. The quantitative estimate of drug-likeness (QED) is 0.469. The Morgan fingerprint density at radius 2 is 1.31 bits per heavy atom. The molecule has 0 saturated heterocycles. The van der Waals surface area contributed by atoms with Crippen molar-refractivity contribution in [2.24, 2.45) is 5.41 Å². The first-order chi connectivity index (χ1) is 15.3. The van der Waals surface area contributed by atoms with Gasteiger partial charge in [-0.05, 0) is 48.5 Å². The van der Waals surface area contributed by atoms with E-state index in [4.69, 9.17) is 9.47 Å². The fraction of sp³-hybridized carbons (Fsp3) is 0.231. The first kappa shape index (κ1) is 22.9. The molecule has 0 unspecified atom stereocenters. The van der Waals surface area contributed by atoms with Crippen LogP contribution in [0.5, 0.6) is 11.5 Å². The van der Waals surface area contributed by atoms with Crippen LogP contribution in [0.2, 0.25) is 0 Å². The molecule has 0 aliphatic rings. The van der Waals surface area contributed by atoms with E-state index in [1.807, 2.05) is 51.1 Å². The SMILES string of the molecule is CC(C)(C)C(=O)Nc1cccc(NC(=O)c2cccc(OCCOc3ccccc3)c2)c1. The maximum absolute atomic E-state index is 12.7. The van der Waals surface area contributed by atoms with Crippen molar-refractivity contribution in [1.82, 2.24) is 0 Å². The molecule has 2 amide bonds. The fourth-order valence-corrected chi connectivity index (χ4v) is 2.76. The Kier molecular flexibility index (Phi) is 7.49. The van der Waals surface area contributed by atoms with Gasteiger partial charge in [-0.2, -0.15) is 0 Å². The van der Waals surface area contributed by atoms with Gasteiger partial charge in [-0.1, -0.05) is 51.1 Å². The van der Waals surface area contributed by atoms with E-state index in [1.165, 1.54) is 0 Å². The third kappa shape index (κ3) is 6.87. The molecule has 0 saturated carbocycles. The Bertz CT molecular complexity index is 1060. The highest BCUT2D eigenvalue weighted by atomic mass is 16.5.